The Morgan fingerprint density at radius 3 is 2.83 bits per heavy atom. The zero-order valence-corrected chi connectivity index (χ0v) is 13.9. The lowest BCUT2D eigenvalue weighted by Gasteiger charge is -2.19. The van der Waals surface area contributed by atoms with Gasteiger partial charge in [0.2, 0.25) is 5.91 Å². The van der Waals surface area contributed by atoms with Crippen molar-refractivity contribution in [2.45, 2.75) is 39.3 Å². The monoisotopic (exact) mass is 333 g/mol. The van der Waals surface area contributed by atoms with Crippen molar-refractivity contribution in [1.29, 1.82) is 0 Å². The lowest BCUT2D eigenvalue weighted by molar-refractivity contribution is -0.121. The third-order valence-electron chi connectivity index (χ3n) is 4.15. The van der Waals surface area contributed by atoms with Gasteiger partial charge in [-0.05, 0) is 13.8 Å². The molecule has 3 heterocycles. The summed E-state index contributed by atoms with van der Waals surface area (Å²) >= 11 is 0. The number of aromatic nitrogens is 5. The van der Waals surface area contributed by atoms with Gasteiger partial charge in [-0.3, -0.25) is 4.79 Å². The van der Waals surface area contributed by atoms with Crippen LogP contribution in [0.4, 0.5) is 10.2 Å². The van der Waals surface area contributed by atoms with Crippen LogP contribution in [0.15, 0.2) is 12.4 Å². The fraction of sp³-hybridized carbons (Fsp3) is 0.533. The standard InChI is InChI=1S/C15H20FN7O/c1-4-13(24)20-11-7-22(8-12(11)23-6-5-17-21-23)15-14(16)9(2)18-10(3)19-15/h5-6,11-12H,4,7-8H2,1-3H3,(H,20,24)/t11-,12+/m1/s1. The summed E-state index contributed by atoms with van der Waals surface area (Å²) in [6.07, 6.45) is 3.72. The van der Waals surface area contributed by atoms with Gasteiger partial charge < -0.3 is 10.2 Å². The average Bonchev–Trinajstić information content (AvgIpc) is 3.20. The van der Waals surface area contributed by atoms with E-state index in [4.69, 9.17) is 0 Å². The van der Waals surface area contributed by atoms with Crippen molar-refractivity contribution in [1.82, 2.24) is 30.3 Å². The van der Waals surface area contributed by atoms with Crippen molar-refractivity contribution in [3.05, 3.63) is 29.7 Å². The van der Waals surface area contributed by atoms with Crippen LogP contribution in [0.5, 0.6) is 0 Å². The van der Waals surface area contributed by atoms with Crippen LogP contribution in [0.2, 0.25) is 0 Å². The molecular weight excluding hydrogens is 313 g/mol. The first-order valence-corrected chi connectivity index (χ1v) is 7.90. The van der Waals surface area contributed by atoms with Crippen LogP contribution in [0.1, 0.15) is 30.9 Å². The molecule has 0 aliphatic carbocycles. The number of rotatable bonds is 4. The maximum atomic E-state index is 14.5. The van der Waals surface area contributed by atoms with E-state index in [0.29, 0.717) is 31.0 Å². The summed E-state index contributed by atoms with van der Waals surface area (Å²) in [6.45, 7) is 6.07. The van der Waals surface area contributed by atoms with Gasteiger partial charge in [0.15, 0.2) is 11.6 Å². The molecule has 0 unspecified atom stereocenters. The van der Waals surface area contributed by atoms with E-state index in [-0.39, 0.29) is 23.8 Å². The molecule has 0 radical (unpaired) electrons. The molecule has 2 atom stereocenters. The number of amides is 1. The molecule has 1 aliphatic heterocycles. The fourth-order valence-electron chi connectivity index (χ4n) is 2.96. The normalized spacial score (nSPS) is 20.4. The Labute approximate surface area is 139 Å². The predicted octanol–water partition coefficient (Wildman–Crippen LogP) is 0.780. The molecule has 8 nitrogen and oxygen atoms in total. The first kappa shape index (κ1) is 16.3. The number of anilines is 1. The summed E-state index contributed by atoms with van der Waals surface area (Å²) in [5.41, 5.74) is 0.316. The molecule has 0 bridgehead atoms. The number of hydrogen-bond acceptors (Lipinski definition) is 6. The quantitative estimate of drug-likeness (QED) is 0.889. The third kappa shape index (κ3) is 3.06. The maximum Gasteiger partial charge on any atom is 0.220 e. The molecule has 128 valence electrons. The molecule has 9 heteroatoms. The Morgan fingerprint density at radius 1 is 1.38 bits per heavy atom. The number of halogens is 1. The highest BCUT2D eigenvalue weighted by Gasteiger charge is 2.37. The van der Waals surface area contributed by atoms with Crippen LogP contribution in [0, 0.1) is 19.7 Å². The number of carbonyl (C=O) groups excluding carboxylic acids is 1. The second kappa shape index (κ2) is 6.50. The average molecular weight is 333 g/mol. The molecule has 3 rings (SSSR count). The number of aryl methyl sites for hydroxylation is 2. The van der Waals surface area contributed by atoms with Crippen LogP contribution in [0.25, 0.3) is 0 Å². The molecule has 2 aromatic rings. The van der Waals surface area contributed by atoms with E-state index in [0.717, 1.165) is 0 Å². The van der Waals surface area contributed by atoms with Gasteiger partial charge in [-0.1, -0.05) is 12.1 Å². The van der Waals surface area contributed by atoms with Crippen LogP contribution < -0.4 is 10.2 Å². The second-order valence-electron chi connectivity index (χ2n) is 5.88. The molecule has 0 aromatic carbocycles. The summed E-state index contributed by atoms with van der Waals surface area (Å²) < 4.78 is 16.2. The number of nitrogens with one attached hydrogen (secondary N) is 1. The lowest BCUT2D eigenvalue weighted by Crippen LogP contribution is -2.41. The van der Waals surface area contributed by atoms with Crippen molar-refractivity contribution in [2.24, 2.45) is 0 Å². The molecular formula is C15H20FN7O. The van der Waals surface area contributed by atoms with Gasteiger partial charge in [0.1, 0.15) is 5.82 Å². The lowest BCUT2D eigenvalue weighted by atomic mass is 10.1. The number of nitrogens with zero attached hydrogens (tertiary/aromatic N) is 6. The third-order valence-corrected chi connectivity index (χ3v) is 4.15. The van der Waals surface area contributed by atoms with Crippen LogP contribution >= 0.6 is 0 Å². The highest BCUT2D eigenvalue weighted by Crippen LogP contribution is 2.28. The first-order chi connectivity index (χ1) is 11.5. The molecule has 1 saturated heterocycles. The fourth-order valence-corrected chi connectivity index (χ4v) is 2.96. The van der Waals surface area contributed by atoms with Gasteiger partial charge in [0.25, 0.3) is 0 Å². The Morgan fingerprint density at radius 2 is 2.17 bits per heavy atom. The van der Waals surface area contributed by atoms with E-state index in [1.165, 1.54) is 0 Å². The minimum Gasteiger partial charge on any atom is -0.350 e. The zero-order valence-electron chi connectivity index (χ0n) is 13.9. The van der Waals surface area contributed by atoms with E-state index in [1.54, 1.807) is 37.8 Å². The van der Waals surface area contributed by atoms with Crippen molar-refractivity contribution in [2.75, 3.05) is 18.0 Å². The highest BCUT2D eigenvalue weighted by atomic mass is 19.1. The Kier molecular flexibility index (Phi) is 4.41. The molecule has 1 fully saturated rings. The van der Waals surface area contributed by atoms with Gasteiger partial charge >= 0.3 is 0 Å². The van der Waals surface area contributed by atoms with Gasteiger partial charge in [0, 0.05) is 25.7 Å². The topological polar surface area (TPSA) is 88.8 Å². The number of hydrogen-bond donors (Lipinski definition) is 1. The van der Waals surface area contributed by atoms with E-state index in [2.05, 4.69) is 25.6 Å². The van der Waals surface area contributed by atoms with E-state index >= 15 is 0 Å². The van der Waals surface area contributed by atoms with Gasteiger partial charge in [-0.15, -0.1) is 5.10 Å². The van der Waals surface area contributed by atoms with Gasteiger partial charge in [-0.25, -0.2) is 19.0 Å². The van der Waals surface area contributed by atoms with E-state index in [1.807, 2.05) is 4.90 Å². The summed E-state index contributed by atoms with van der Waals surface area (Å²) in [7, 11) is 0. The van der Waals surface area contributed by atoms with Crippen molar-refractivity contribution in [3.8, 4) is 0 Å². The predicted molar refractivity (Wildman–Crippen MR) is 85.0 cm³/mol. The van der Waals surface area contributed by atoms with E-state index < -0.39 is 5.82 Å². The molecule has 24 heavy (non-hydrogen) atoms. The van der Waals surface area contributed by atoms with Crippen molar-refractivity contribution >= 4 is 11.7 Å². The molecule has 2 aromatic heterocycles. The minimum atomic E-state index is -0.430. The summed E-state index contributed by atoms with van der Waals surface area (Å²) in [5, 5.41) is 10.8. The van der Waals surface area contributed by atoms with Crippen LogP contribution in [-0.2, 0) is 4.79 Å². The second-order valence-corrected chi connectivity index (χ2v) is 5.88. The molecule has 1 amide bonds. The van der Waals surface area contributed by atoms with Gasteiger partial charge in [-0.2, -0.15) is 0 Å². The molecule has 1 aliphatic rings. The Hall–Kier alpha value is -2.58. The molecule has 1 N–H and O–H groups in total. The smallest absolute Gasteiger partial charge is 0.220 e. The highest BCUT2D eigenvalue weighted by molar-refractivity contribution is 5.76. The SMILES string of the molecule is CCC(=O)N[C@@H]1CN(c2nc(C)nc(C)c2F)C[C@@H]1n1ccnn1. The van der Waals surface area contributed by atoms with Crippen LogP contribution in [-0.4, -0.2) is 50.0 Å². The Bertz CT molecular complexity index is 734. The van der Waals surface area contributed by atoms with Gasteiger partial charge in [0.05, 0.1) is 24.0 Å². The van der Waals surface area contributed by atoms with E-state index in [9.17, 15) is 9.18 Å². The largest absolute Gasteiger partial charge is 0.350 e. The molecule has 0 saturated carbocycles. The minimum absolute atomic E-state index is 0.0533. The van der Waals surface area contributed by atoms with Crippen molar-refractivity contribution < 1.29 is 9.18 Å². The number of carbonyl (C=O) groups is 1. The molecule has 0 spiro atoms. The maximum absolute atomic E-state index is 14.5. The summed E-state index contributed by atoms with van der Waals surface area (Å²) in [5.74, 6) is 0.295. The summed E-state index contributed by atoms with van der Waals surface area (Å²) in [4.78, 5) is 21.9. The first-order valence-electron chi connectivity index (χ1n) is 7.90. The van der Waals surface area contributed by atoms with Crippen molar-refractivity contribution in [3.63, 3.8) is 0 Å². The Balaban J connectivity index is 1.90. The summed E-state index contributed by atoms with van der Waals surface area (Å²) in [6, 6.07) is -0.341. The van der Waals surface area contributed by atoms with Crippen LogP contribution in [0.3, 0.4) is 0 Å². The zero-order chi connectivity index (χ0) is 17.3.